The number of aliphatic hydroxyl groups excluding tert-OH is 1. The number of aliphatic imine (C=N–C) groups is 1. The lowest BCUT2D eigenvalue weighted by molar-refractivity contribution is 0.156. The minimum atomic E-state index is -0.298. The number of benzene rings is 1. The number of nitrogens with one attached hydrogen (secondary N) is 1. The zero-order valence-electron chi connectivity index (χ0n) is 9.76. The summed E-state index contributed by atoms with van der Waals surface area (Å²) in [5, 5.41) is 11.9. The quantitative estimate of drug-likeness (QED) is 0.815. The Balaban J connectivity index is 1.81. The van der Waals surface area contributed by atoms with Gasteiger partial charge in [-0.1, -0.05) is 6.07 Å². The SMILES string of the molecule is OC1CCCc2ccc(NN3C=NCC3)cc21. The largest absolute Gasteiger partial charge is 0.388 e. The summed E-state index contributed by atoms with van der Waals surface area (Å²) in [6.45, 7) is 1.75. The summed E-state index contributed by atoms with van der Waals surface area (Å²) in [4.78, 5) is 4.15. The Morgan fingerprint density at radius 2 is 2.35 bits per heavy atom. The van der Waals surface area contributed by atoms with Crippen molar-refractivity contribution in [3.05, 3.63) is 29.3 Å². The standard InChI is InChI=1S/C13H17N3O/c17-13-3-1-2-10-4-5-11(8-12(10)13)15-16-7-6-14-9-16/h4-5,8-9,13,15,17H,1-3,6-7H2. The summed E-state index contributed by atoms with van der Waals surface area (Å²) < 4.78 is 0. The van der Waals surface area contributed by atoms with Crippen LogP contribution >= 0.6 is 0 Å². The van der Waals surface area contributed by atoms with Crippen LogP contribution in [0.25, 0.3) is 0 Å². The van der Waals surface area contributed by atoms with Crippen LogP contribution in [0.5, 0.6) is 0 Å². The van der Waals surface area contributed by atoms with Gasteiger partial charge in [0, 0.05) is 0 Å². The van der Waals surface area contributed by atoms with Gasteiger partial charge in [-0.3, -0.25) is 15.4 Å². The minimum Gasteiger partial charge on any atom is -0.388 e. The molecule has 0 saturated heterocycles. The molecule has 1 aromatic carbocycles. The van der Waals surface area contributed by atoms with E-state index in [1.807, 2.05) is 11.3 Å². The molecule has 17 heavy (non-hydrogen) atoms. The van der Waals surface area contributed by atoms with E-state index in [4.69, 9.17) is 0 Å². The number of hydrogen-bond donors (Lipinski definition) is 2. The van der Waals surface area contributed by atoms with E-state index in [-0.39, 0.29) is 6.10 Å². The molecule has 0 bridgehead atoms. The van der Waals surface area contributed by atoms with Crippen molar-refractivity contribution >= 4 is 12.0 Å². The maximum atomic E-state index is 9.98. The summed E-state index contributed by atoms with van der Waals surface area (Å²) in [7, 11) is 0. The highest BCUT2D eigenvalue weighted by molar-refractivity contribution is 5.61. The van der Waals surface area contributed by atoms with Gasteiger partial charge in [-0.2, -0.15) is 0 Å². The molecule has 1 aliphatic heterocycles. The molecule has 0 radical (unpaired) electrons. The molecular formula is C13H17N3O. The van der Waals surface area contributed by atoms with Crippen LogP contribution < -0.4 is 5.43 Å². The first-order chi connectivity index (χ1) is 8.33. The van der Waals surface area contributed by atoms with Crippen molar-refractivity contribution in [2.45, 2.75) is 25.4 Å². The third-order valence-electron chi connectivity index (χ3n) is 3.39. The Morgan fingerprint density at radius 1 is 1.41 bits per heavy atom. The Labute approximate surface area is 101 Å². The van der Waals surface area contributed by atoms with Crippen molar-refractivity contribution in [3.8, 4) is 0 Å². The van der Waals surface area contributed by atoms with Crippen LogP contribution in [-0.4, -0.2) is 29.5 Å². The van der Waals surface area contributed by atoms with Gasteiger partial charge in [0.2, 0.25) is 0 Å². The normalized spacial score (nSPS) is 22.6. The monoisotopic (exact) mass is 231 g/mol. The summed E-state index contributed by atoms with van der Waals surface area (Å²) in [6.07, 6.45) is 4.56. The average molecular weight is 231 g/mol. The van der Waals surface area contributed by atoms with E-state index in [0.717, 1.165) is 43.6 Å². The maximum Gasteiger partial charge on any atom is 0.104 e. The van der Waals surface area contributed by atoms with Gasteiger partial charge in [-0.15, -0.1) is 0 Å². The molecule has 1 aliphatic carbocycles. The molecule has 0 fully saturated rings. The molecule has 4 heteroatoms. The lowest BCUT2D eigenvalue weighted by Crippen LogP contribution is -2.26. The number of fused-ring (bicyclic) bond motifs is 1. The van der Waals surface area contributed by atoms with Gasteiger partial charge in [0.05, 0.1) is 24.9 Å². The number of rotatable bonds is 2. The molecule has 1 aromatic rings. The Hall–Kier alpha value is -1.55. The van der Waals surface area contributed by atoms with E-state index in [1.54, 1.807) is 0 Å². The van der Waals surface area contributed by atoms with Crippen molar-refractivity contribution in [1.82, 2.24) is 5.01 Å². The lowest BCUT2D eigenvalue weighted by Gasteiger charge is -2.23. The van der Waals surface area contributed by atoms with Gasteiger partial charge in [0.25, 0.3) is 0 Å². The zero-order valence-corrected chi connectivity index (χ0v) is 9.76. The minimum absolute atomic E-state index is 0.298. The molecule has 2 N–H and O–H groups in total. The third-order valence-corrected chi connectivity index (χ3v) is 3.39. The van der Waals surface area contributed by atoms with E-state index in [0.29, 0.717) is 0 Å². The van der Waals surface area contributed by atoms with Gasteiger partial charge < -0.3 is 5.11 Å². The summed E-state index contributed by atoms with van der Waals surface area (Å²) >= 11 is 0. The molecule has 2 aliphatic rings. The fourth-order valence-corrected chi connectivity index (χ4v) is 2.47. The average Bonchev–Trinajstić information content (AvgIpc) is 2.83. The summed E-state index contributed by atoms with van der Waals surface area (Å²) in [5.74, 6) is 0. The smallest absolute Gasteiger partial charge is 0.104 e. The summed E-state index contributed by atoms with van der Waals surface area (Å²) in [6, 6.07) is 6.25. The van der Waals surface area contributed by atoms with Crippen LogP contribution in [0.4, 0.5) is 5.69 Å². The number of nitrogens with zero attached hydrogens (tertiary/aromatic N) is 2. The molecule has 0 spiro atoms. The second kappa shape index (κ2) is 4.37. The van der Waals surface area contributed by atoms with E-state index in [1.165, 1.54) is 5.56 Å². The van der Waals surface area contributed by atoms with E-state index >= 15 is 0 Å². The molecule has 4 nitrogen and oxygen atoms in total. The van der Waals surface area contributed by atoms with Crippen molar-refractivity contribution < 1.29 is 5.11 Å². The number of aliphatic hydroxyl groups is 1. The van der Waals surface area contributed by atoms with Crippen LogP contribution in [0.1, 0.15) is 30.1 Å². The molecule has 0 amide bonds. The molecular weight excluding hydrogens is 214 g/mol. The fraction of sp³-hybridized carbons (Fsp3) is 0.462. The third kappa shape index (κ3) is 2.13. The zero-order chi connectivity index (χ0) is 11.7. The highest BCUT2D eigenvalue weighted by atomic mass is 16.3. The molecule has 0 aromatic heterocycles. The van der Waals surface area contributed by atoms with Gasteiger partial charge in [-0.25, -0.2) is 0 Å². The second-order valence-corrected chi connectivity index (χ2v) is 4.65. The molecule has 1 unspecified atom stereocenters. The molecule has 90 valence electrons. The highest BCUT2D eigenvalue weighted by Gasteiger charge is 2.18. The first kappa shape index (κ1) is 10.6. The topological polar surface area (TPSA) is 47.9 Å². The van der Waals surface area contributed by atoms with E-state index in [9.17, 15) is 5.11 Å². The Morgan fingerprint density at radius 3 is 3.18 bits per heavy atom. The Bertz CT molecular complexity index is 444. The predicted molar refractivity (Wildman–Crippen MR) is 68.0 cm³/mol. The molecule has 0 saturated carbocycles. The van der Waals surface area contributed by atoms with Crippen LogP contribution in [-0.2, 0) is 6.42 Å². The first-order valence-corrected chi connectivity index (χ1v) is 6.17. The van der Waals surface area contributed by atoms with Crippen molar-refractivity contribution in [2.75, 3.05) is 18.5 Å². The van der Waals surface area contributed by atoms with Gasteiger partial charge >= 0.3 is 0 Å². The van der Waals surface area contributed by atoms with Crippen LogP contribution in [0.3, 0.4) is 0 Å². The number of hydrogen-bond acceptors (Lipinski definition) is 4. The fourth-order valence-electron chi connectivity index (χ4n) is 2.47. The van der Waals surface area contributed by atoms with E-state index < -0.39 is 0 Å². The van der Waals surface area contributed by atoms with Gasteiger partial charge in [-0.05, 0) is 42.5 Å². The first-order valence-electron chi connectivity index (χ1n) is 6.17. The number of aryl methyl sites for hydroxylation is 1. The lowest BCUT2D eigenvalue weighted by atomic mass is 9.89. The number of hydrazine groups is 1. The Kier molecular flexibility index (Phi) is 2.73. The summed E-state index contributed by atoms with van der Waals surface area (Å²) in [5.41, 5.74) is 6.67. The van der Waals surface area contributed by atoms with Crippen molar-refractivity contribution in [3.63, 3.8) is 0 Å². The van der Waals surface area contributed by atoms with E-state index in [2.05, 4.69) is 28.6 Å². The van der Waals surface area contributed by atoms with Crippen LogP contribution in [0.2, 0.25) is 0 Å². The highest BCUT2D eigenvalue weighted by Crippen LogP contribution is 2.31. The second-order valence-electron chi connectivity index (χ2n) is 4.65. The predicted octanol–water partition coefficient (Wildman–Crippen LogP) is 1.73. The van der Waals surface area contributed by atoms with Gasteiger partial charge in [0.15, 0.2) is 0 Å². The number of anilines is 1. The maximum absolute atomic E-state index is 9.98. The van der Waals surface area contributed by atoms with Crippen molar-refractivity contribution in [1.29, 1.82) is 0 Å². The molecule has 1 heterocycles. The molecule has 3 rings (SSSR count). The van der Waals surface area contributed by atoms with Gasteiger partial charge in [0.1, 0.15) is 6.34 Å². The van der Waals surface area contributed by atoms with Crippen LogP contribution in [0, 0.1) is 0 Å². The molecule has 1 atom stereocenters. The van der Waals surface area contributed by atoms with Crippen molar-refractivity contribution in [2.24, 2.45) is 4.99 Å². The van der Waals surface area contributed by atoms with Crippen LogP contribution in [0.15, 0.2) is 23.2 Å².